The van der Waals surface area contributed by atoms with Crippen LogP contribution in [0.2, 0.25) is 0 Å². The highest BCUT2D eigenvalue weighted by Crippen LogP contribution is 2.28. The molecule has 0 unspecified atom stereocenters. The summed E-state index contributed by atoms with van der Waals surface area (Å²) in [6.45, 7) is 4.07. The summed E-state index contributed by atoms with van der Waals surface area (Å²) in [6, 6.07) is 0. The molecule has 0 amide bonds. The molecule has 0 aromatic heterocycles. The van der Waals surface area contributed by atoms with Crippen LogP contribution in [0, 0.1) is 0 Å². The lowest BCUT2D eigenvalue weighted by Crippen LogP contribution is -2.31. The number of aliphatic hydroxyl groups excluding tert-OH is 4. The quantitative estimate of drug-likeness (QED) is 0.0624. The zero-order valence-electron chi connectivity index (χ0n) is 26.9. The minimum absolute atomic E-state index is 0.147. The van der Waals surface area contributed by atoms with Crippen LogP contribution in [0.25, 0.3) is 0 Å². The lowest BCUT2D eigenvalue weighted by Gasteiger charge is -2.22. The van der Waals surface area contributed by atoms with Crippen molar-refractivity contribution in [2.75, 3.05) is 0 Å². The normalized spacial score (nSPS) is 23.5. The Bertz CT molecular complexity index is 726. The van der Waals surface area contributed by atoms with E-state index < -0.39 is 18.3 Å². The van der Waals surface area contributed by atoms with Gasteiger partial charge in [0, 0.05) is 12.0 Å². The maximum absolute atomic E-state index is 11.6. The van der Waals surface area contributed by atoms with Crippen molar-refractivity contribution in [1.29, 1.82) is 0 Å². The standard InChI is InChI=1S/C35H64O7/c1-3-4-5-6-7-8-9-10-11-15-21-31(38)33-23-24-34(42-33)32(39)22-17-16-19-29(36)18-13-12-14-20-30(37)26-28-25-27(2)41-35(28)40/h25,27,29-34,36-39H,3-24,26H2,1-2H3/t27-,29-,30+,31+,32+,33+,34+/m1/s1. The molecule has 0 radical (unpaired) electrons. The molecule has 7 nitrogen and oxygen atoms in total. The third-order valence-electron chi connectivity index (χ3n) is 9.11. The molecule has 2 heterocycles. The van der Waals surface area contributed by atoms with Crippen LogP contribution in [-0.4, -0.2) is 69.1 Å². The van der Waals surface area contributed by atoms with Crippen molar-refractivity contribution in [3.05, 3.63) is 11.6 Å². The van der Waals surface area contributed by atoms with Crippen molar-refractivity contribution in [1.82, 2.24) is 0 Å². The smallest absolute Gasteiger partial charge is 0.334 e. The highest BCUT2D eigenvalue weighted by Gasteiger charge is 2.34. The second kappa shape index (κ2) is 22.5. The summed E-state index contributed by atoms with van der Waals surface area (Å²) >= 11 is 0. The molecule has 2 aliphatic heterocycles. The van der Waals surface area contributed by atoms with Crippen molar-refractivity contribution < 1.29 is 34.7 Å². The Hall–Kier alpha value is -0.990. The van der Waals surface area contributed by atoms with Gasteiger partial charge in [-0.05, 0) is 57.9 Å². The average Bonchev–Trinajstić information content (AvgIpc) is 3.58. The molecule has 2 aliphatic rings. The lowest BCUT2D eigenvalue weighted by molar-refractivity contribution is -0.139. The van der Waals surface area contributed by atoms with Crippen molar-refractivity contribution in [3.8, 4) is 0 Å². The molecule has 0 saturated carbocycles. The maximum Gasteiger partial charge on any atom is 0.334 e. The average molecular weight is 597 g/mol. The summed E-state index contributed by atoms with van der Waals surface area (Å²) in [7, 11) is 0. The van der Waals surface area contributed by atoms with Gasteiger partial charge in [-0.25, -0.2) is 4.79 Å². The number of ether oxygens (including phenoxy) is 2. The van der Waals surface area contributed by atoms with E-state index in [4.69, 9.17) is 9.47 Å². The number of carbonyl (C=O) groups excluding carboxylic acids is 1. The number of hydrogen-bond acceptors (Lipinski definition) is 7. The molecule has 1 saturated heterocycles. The third kappa shape index (κ3) is 16.2. The third-order valence-corrected chi connectivity index (χ3v) is 9.11. The zero-order valence-corrected chi connectivity index (χ0v) is 26.9. The second-order valence-corrected chi connectivity index (χ2v) is 13.1. The van der Waals surface area contributed by atoms with Crippen LogP contribution in [0.4, 0.5) is 0 Å². The molecule has 7 heteroatoms. The maximum atomic E-state index is 11.6. The fraction of sp³-hybridized carbons (Fsp3) is 0.914. The second-order valence-electron chi connectivity index (χ2n) is 13.1. The molecule has 0 spiro atoms. The van der Waals surface area contributed by atoms with Crippen molar-refractivity contribution in [2.24, 2.45) is 0 Å². The summed E-state index contributed by atoms with van der Waals surface area (Å²) in [5.74, 6) is -0.314. The summed E-state index contributed by atoms with van der Waals surface area (Å²) in [5.41, 5.74) is 0.576. The number of aliphatic hydroxyl groups is 4. The molecule has 42 heavy (non-hydrogen) atoms. The van der Waals surface area contributed by atoms with Gasteiger partial charge in [0.25, 0.3) is 0 Å². The van der Waals surface area contributed by atoms with Gasteiger partial charge in [0.15, 0.2) is 0 Å². The molecule has 4 N–H and O–H groups in total. The first-order valence-electron chi connectivity index (χ1n) is 17.6. The van der Waals surface area contributed by atoms with E-state index in [1.54, 1.807) is 6.08 Å². The van der Waals surface area contributed by atoms with E-state index in [0.29, 0.717) is 24.8 Å². The monoisotopic (exact) mass is 596 g/mol. The number of unbranched alkanes of at least 4 members (excludes halogenated alkanes) is 12. The van der Waals surface area contributed by atoms with Gasteiger partial charge in [0.05, 0.1) is 36.6 Å². The zero-order chi connectivity index (χ0) is 30.6. The van der Waals surface area contributed by atoms with Gasteiger partial charge >= 0.3 is 5.97 Å². The van der Waals surface area contributed by atoms with Crippen LogP contribution in [0.5, 0.6) is 0 Å². The van der Waals surface area contributed by atoms with Gasteiger partial charge < -0.3 is 29.9 Å². The summed E-state index contributed by atoms with van der Waals surface area (Å²) in [5, 5.41) is 41.7. The van der Waals surface area contributed by atoms with Crippen LogP contribution in [0.3, 0.4) is 0 Å². The Kier molecular flexibility index (Phi) is 19.9. The van der Waals surface area contributed by atoms with E-state index in [9.17, 15) is 25.2 Å². The highest BCUT2D eigenvalue weighted by atomic mass is 16.5. The Morgan fingerprint density at radius 3 is 1.62 bits per heavy atom. The minimum atomic E-state index is -0.530. The van der Waals surface area contributed by atoms with Crippen LogP contribution in [0.1, 0.15) is 162 Å². The Morgan fingerprint density at radius 2 is 1.10 bits per heavy atom. The van der Waals surface area contributed by atoms with Crippen LogP contribution < -0.4 is 0 Å². The predicted molar refractivity (Wildman–Crippen MR) is 168 cm³/mol. The Morgan fingerprint density at radius 1 is 0.667 bits per heavy atom. The van der Waals surface area contributed by atoms with Crippen molar-refractivity contribution >= 4 is 5.97 Å². The van der Waals surface area contributed by atoms with Crippen LogP contribution in [0.15, 0.2) is 11.6 Å². The van der Waals surface area contributed by atoms with Gasteiger partial charge in [-0.2, -0.15) is 0 Å². The number of rotatable bonds is 26. The number of carbonyl (C=O) groups is 1. The molecular formula is C35H64O7. The van der Waals surface area contributed by atoms with E-state index in [0.717, 1.165) is 70.6 Å². The van der Waals surface area contributed by atoms with E-state index in [-0.39, 0.29) is 30.4 Å². The van der Waals surface area contributed by atoms with E-state index in [2.05, 4.69) is 6.92 Å². The summed E-state index contributed by atoms with van der Waals surface area (Å²) < 4.78 is 11.1. The van der Waals surface area contributed by atoms with Crippen LogP contribution >= 0.6 is 0 Å². The lowest BCUT2D eigenvalue weighted by atomic mass is 9.99. The number of esters is 1. The largest absolute Gasteiger partial charge is 0.455 e. The highest BCUT2D eigenvalue weighted by molar-refractivity contribution is 5.90. The van der Waals surface area contributed by atoms with Gasteiger partial charge in [-0.15, -0.1) is 0 Å². The van der Waals surface area contributed by atoms with E-state index in [1.165, 1.54) is 57.8 Å². The molecule has 2 rings (SSSR count). The number of cyclic esters (lactones) is 1. The number of hydrogen-bond donors (Lipinski definition) is 4. The van der Waals surface area contributed by atoms with Gasteiger partial charge in [0.1, 0.15) is 6.10 Å². The molecular weight excluding hydrogens is 532 g/mol. The van der Waals surface area contributed by atoms with E-state index in [1.807, 2.05) is 6.92 Å². The molecule has 0 aliphatic carbocycles. The van der Waals surface area contributed by atoms with Crippen molar-refractivity contribution in [3.63, 3.8) is 0 Å². The molecule has 246 valence electrons. The van der Waals surface area contributed by atoms with Crippen LogP contribution in [-0.2, 0) is 14.3 Å². The van der Waals surface area contributed by atoms with Gasteiger partial charge in [-0.1, -0.05) is 103 Å². The van der Waals surface area contributed by atoms with Gasteiger partial charge in [-0.3, -0.25) is 0 Å². The van der Waals surface area contributed by atoms with Gasteiger partial charge in [0.2, 0.25) is 0 Å². The topological polar surface area (TPSA) is 116 Å². The Labute approximate surface area is 256 Å². The molecule has 7 atom stereocenters. The first-order valence-corrected chi connectivity index (χ1v) is 17.6. The minimum Gasteiger partial charge on any atom is -0.455 e. The summed E-state index contributed by atoms with van der Waals surface area (Å²) in [4.78, 5) is 11.6. The SMILES string of the molecule is CCCCCCCCCCCC[C@H](O)[C@@H]1CC[C@@H]([C@@H](O)CCCC[C@H](O)CCCCC[C@H](O)CC2=C[C@@H](C)OC2=O)O1. The fourth-order valence-corrected chi connectivity index (χ4v) is 6.42. The first kappa shape index (κ1) is 37.2. The fourth-order valence-electron chi connectivity index (χ4n) is 6.42. The van der Waals surface area contributed by atoms with Crippen molar-refractivity contribution in [2.45, 2.75) is 204 Å². The molecule has 0 bridgehead atoms. The first-order chi connectivity index (χ1) is 20.3. The molecule has 0 aromatic carbocycles. The Balaban J connectivity index is 1.41. The predicted octanol–water partition coefficient (Wildman–Crippen LogP) is 7.06. The summed E-state index contributed by atoms with van der Waals surface area (Å²) in [6.07, 6.45) is 22.4. The molecule has 1 fully saturated rings. The van der Waals surface area contributed by atoms with E-state index >= 15 is 0 Å². The molecule has 0 aromatic rings.